The molecule has 0 unspecified atom stereocenters. The number of hydrogen-bond donors (Lipinski definition) is 1. The fourth-order valence-electron chi connectivity index (χ4n) is 1.45. The van der Waals surface area contributed by atoms with E-state index in [9.17, 15) is 0 Å². The van der Waals surface area contributed by atoms with Crippen molar-refractivity contribution in [1.29, 1.82) is 0 Å². The highest BCUT2D eigenvalue weighted by Crippen LogP contribution is 2.24. The Bertz CT molecular complexity index is 312. The van der Waals surface area contributed by atoms with Gasteiger partial charge in [-0.15, -0.1) is 0 Å². The highest BCUT2D eigenvalue weighted by atomic mass is 79.9. The largest absolute Gasteiger partial charge is 0.496 e. The molecule has 0 atom stereocenters. The first-order chi connectivity index (χ1) is 7.19. The van der Waals surface area contributed by atoms with Crippen molar-refractivity contribution in [3.05, 3.63) is 29.3 Å². The number of alkyl halides is 1. The Kier molecular flexibility index (Phi) is 5.12. The summed E-state index contributed by atoms with van der Waals surface area (Å²) in [5, 5.41) is 3.22. The summed E-state index contributed by atoms with van der Waals surface area (Å²) >= 11 is 3.34. The molecule has 0 aliphatic heterocycles. The van der Waals surface area contributed by atoms with Gasteiger partial charge in [0.2, 0.25) is 0 Å². The summed E-state index contributed by atoms with van der Waals surface area (Å²) in [6.07, 6.45) is 0. The predicted molar refractivity (Wildman–Crippen MR) is 67.7 cm³/mol. The third kappa shape index (κ3) is 3.50. The van der Waals surface area contributed by atoms with Gasteiger partial charge in [-0.1, -0.05) is 41.9 Å². The second-order valence-electron chi connectivity index (χ2n) is 3.79. The summed E-state index contributed by atoms with van der Waals surface area (Å²) in [6.45, 7) is 5.20. The third-order valence-corrected chi connectivity index (χ3v) is 2.78. The lowest BCUT2D eigenvalue weighted by molar-refractivity contribution is 0.407. The number of halogens is 1. The first kappa shape index (κ1) is 12.5. The minimum Gasteiger partial charge on any atom is -0.496 e. The maximum Gasteiger partial charge on any atom is 0.123 e. The van der Waals surface area contributed by atoms with Crippen LogP contribution in [0.5, 0.6) is 5.75 Å². The molecular formula is C12H18BrNO. The van der Waals surface area contributed by atoms with Gasteiger partial charge in [-0.2, -0.15) is 0 Å². The quantitative estimate of drug-likeness (QED) is 0.656. The lowest BCUT2D eigenvalue weighted by Gasteiger charge is -2.12. The van der Waals surface area contributed by atoms with E-state index >= 15 is 0 Å². The van der Waals surface area contributed by atoms with Gasteiger partial charge in [0.05, 0.1) is 12.6 Å². The van der Waals surface area contributed by atoms with E-state index in [2.05, 4.69) is 53.3 Å². The van der Waals surface area contributed by atoms with E-state index in [4.69, 9.17) is 4.74 Å². The Labute approximate surface area is 100 Å². The van der Waals surface area contributed by atoms with Crippen molar-refractivity contribution in [1.82, 2.24) is 5.32 Å². The first-order valence-electron chi connectivity index (χ1n) is 5.12. The molecule has 0 aliphatic carbocycles. The van der Waals surface area contributed by atoms with Gasteiger partial charge in [0, 0.05) is 12.1 Å². The van der Waals surface area contributed by atoms with Crippen LogP contribution < -0.4 is 10.1 Å². The van der Waals surface area contributed by atoms with Gasteiger partial charge < -0.3 is 10.1 Å². The Hall–Kier alpha value is -0.540. The Morgan fingerprint density at radius 3 is 2.67 bits per heavy atom. The second kappa shape index (κ2) is 6.13. The van der Waals surface area contributed by atoms with Crippen LogP contribution in [0.2, 0.25) is 0 Å². The standard InChI is InChI=1S/C12H18BrNO/c1-9(2)10-4-5-11(7-14-8-13)12(6-10)15-3/h4-6,9,14H,7-8H2,1-3H3. The van der Waals surface area contributed by atoms with Crippen molar-refractivity contribution in [2.45, 2.75) is 26.3 Å². The van der Waals surface area contributed by atoms with Gasteiger partial charge in [0.15, 0.2) is 0 Å². The van der Waals surface area contributed by atoms with Gasteiger partial charge in [0.1, 0.15) is 5.75 Å². The lowest BCUT2D eigenvalue weighted by atomic mass is 10.0. The lowest BCUT2D eigenvalue weighted by Crippen LogP contribution is -2.11. The zero-order valence-corrected chi connectivity index (χ0v) is 11.1. The van der Waals surface area contributed by atoms with E-state index in [1.807, 2.05) is 0 Å². The maximum atomic E-state index is 5.38. The average molecular weight is 272 g/mol. The van der Waals surface area contributed by atoms with E-state index in [0.717, 1.165) is 17.7 Å². The van der Waals surface area contributed by atoms with Gasteiger partial charge in [-0.05, 0) is 17.5 Å². The molecule has 15 heavy (non-hydrogen) atoms. The highest BCUT2D eigenvalue weighted by Gasteiger charge is 2.06. The smallest absolute Gasteiger partial charge is 0.123 e. The van der Waals surface area contributed by atoms with Gasteiger partial charge in [0.25, 0.3) is 0 Å². The van der Waals surface area contributed by atoms with E-state index < -0.39 is 0 Å². The molecule has 0 radical (unpaired) electrons. The second-order valence-corrected chi connectivity index (χ2v) is 4.35. The van der Waals surface area contributed by atoms with Crippen molar-refractivity contribution in [2.75, 3.05) is 12.6 Å². The molecule has 1 rings (SSSR count). The molecule has 0 saturated carbocycles. The van der Waals surface area contributed by atoms with Crippen LogP contribution in [0, 0.1) is 0 Å². The number of ether oxygens (including phenoxy) is 1. The summed E-state index contributed by atoms with van der Waals surface area (Å²) in [5.74, 6) is 1.51. The predicted octanol–water partition coefficient (Wildman–Crippen LogP) is 3.26. The molecule has 0 heterocycles. The fourth-order valence-corrected chi connectivity index (χ4v) is 1.65. The molecular weight excluding hydrogens is 254 g/mol. The molecule has 0 bridgehead atoms. The van der Waals surface area contributed by atoms with E-state index in [1.54, 1.807) is 7.11 Å². The molecule has 1 N–H and O–H groups in total. The molecule has 84 valence electrons. The first-order valence-corrected chi connectivity index (χ1v) is 6.24. The molecule has 0 fully saturated rings. The van der Waals surface area contributed by atoms with Crippen LogP contribution in [-0.2, 0) is 6.54 Å². The molecule has 0 amide bonds. The fraction of sp³-hybridized carbons (Fsp3) is 0.500. The molecule has 1 aromatic rings. The van der Waals surface area contributed by atoms with E-state index in [0.29, 0.717) is 5.92 Å². The Balaban J connectivity index is 2.88. The van der Waals surface area contributed by atoms with Crippen LogP contribution >= 0.6 is 15.9 Å². The van der Waals surface area contributed by atoms with Crippen molar-refractivity contribution in [3.8, 4) is 5.75 Å². The third-order valence-electron chi connectivity index (χ3n) is 2.39. The van der Waals surface area contributed by atoms with Crippen LogP contribution in [0.15, 0.2) is 18.2 Å². The zero-order chi connectivity index (χ0) is 11.3. The maximum absolute atomic E-state index is 5.38. The topological polar surface area (TPSA) is 21.3 Å². The van der Waals surface area contributed by atoms with Crippen LogP contribution in [0.25, 0.3) is 0 Å². The molecule has 3 heteroatoms. The van der Waals surface area contributed by atoms with Crippen molar-refractivity contribution < 1.29 is 4.74 Å². The summed E-state index contributed by atoms with van der Waals surface area (Å²) in [7, 11) is 1.72. The van der Waals surface area contributed by atoms with E-state index in [1.165, 1.54) is 11.1 Å². The monoisotopic (exact) mass is 271 g/mol. The minimum atomic E-state index is 0.539. The van der Waals surface area contributed by atoms with Crippen LogP contribution in [0.4, 0.5) is 0 Å². The van der Waals surface area contributed by atoms with E-state index in [-0.39, 0.29) is 0 Å². The summed E-state index contributed by atoms with van der Waals surface area (Å²) in [4.78, 5) is 0. The minimum absolute atomic E-state index is 0.539. The number of hydrogen-bond acceptors (Lipinski definition) is 2. The normalized spacial score (nSPS) is 10.7. The summed E-state index contributed by atoms with van der Waals surface area (Å²) in [6, 6.07) is 6.41. The van der Waals surface area contributed by atoms with Crippen molar-refractivity contribution in [3.63, 3.8) is 0 Å². The number of nitrogens with one attached hydrogen (secondary N) is 1. The Morgan fingerprint density at radius 1 is 1.40 bits per heavy atom. The van der Waals surface area contributed by atoms with Gasteiger partial charge >= 0.3 is 0 Å². The van der Waals surface area contributed by atoms with Gasteiger partial charge in [-0.3, -0.25) is 0 Å². The molecule has 0 aliphatic rings. The van der Waals surface area contributed by atoms with Crippen molar-refractivity contribution >= 4 is 15.9 Å². The zero-order valence-electron chi connectivity index (χ0n) is 9.51. The molecule has 0 saturated heterocycles. The molecule has 2 nitrogen and oxygen atoms in total. The number of rotatable bonds is 5. The van der Waals surface area contributed by atoms with Crippen molar-refractivity contribution in [2.24, 2.45) is 0 Å². The number of benzene rings is 1. The van der Waals surface area contributed by atoms with Gasteiger partial charge in [-0.25, -0.2) is 0 Å². The number of methoxy groups -OCH3 is 1. The van der Waals surface area contributed by atoms with Crippen LogP contribution in [-0.4, -0.2) is 12.6 Å². The highest BCUT2D eigenvalue weighted by molar-refractivity contribution is 9.09. The summed E-state index contributed by atoms with van der Waals surface area (Å²) < 4.78 is 5.38. The Morgan fingerprint density at radius 2 is 2.13 bits per heavy atom. The van der Waals surface area contributed by atoms with Crippen LogP contribution in [0.1, 0.15) is 30.9 Å². The SMILES string of the molecule is COc1cc(C(C)C)ccc1CNCBr. The molecule has 0 aromatic heterocycles. The van der Waals surface area contributed by atoms with Crippen LogP contribution in [0.3, 0.4) is 0 Å². The molecule has 0 spiro atoms. The summed E-state index contributed by atoms with van der Waals surface area (Å²) in [5.41, 5.74) is 3.30. The molecule has 1 aromatic carbocycles. The average Bonchev–Trinajstić information content (AvgIpc) is 2.25.